The molecule has 2 rings (SSSR count). The fraction of sp³-hybridized carbons (Fsp3) is 0.0833. The van der Waals surface area contributed by atoms with Crippen LogP contribution in [-0.2, 0) is 0 Å². The van der Waals surface area contributed by atoms with Crippen LogP contribution in [0, 0.1) is 0 Å². The number of hydrogen-bond acceptors (Lipinski definition) is 4. The maximum atomic E-state index is 5.76. The Morgan fingerprint density at radius 3 is 2.94 bits per heavy atom. The summed E-state index contributed by atoms with van der Waals surface area (Å²) in [6.07, 6.45) is 1.54. The molecule has 0 aliphatic carbocycles. The van der Waals surface area contributed by atoms with Crippen molar-refractivity contribution in [3.8, 4) is 5.75 Å². The Labute approximate surface area is 113 Å². The molecule has 0 saturated carbocycles. The fourth-order valence-corrected chi connectivity index (χ4v) is 1.73. The van der Waals surface area contributed by atoms with Gasteiger partial charge < -0.3 is 14.9 Å². The number of benzene rings is 1. The van der Waals surface area contributed by atoms with Gasteiger partial charge in [0.1, 0.15) is 5.75 Å². The molecule has 3 N–H and O–H groups in total. The minimum Gasteiger partial charge on any atom is -0.495 e. The molecule has 0 aliphatic rings. The Morgan fingerprint density at radius 2 is 2.28 bits per heavy atom. The standard InChI is InChI=1S/C12H12BrN3O2/c1-17-10-5-4-8(13)7-9(10)15-16-12(14)11-3-2-6-18-11/h2-7,15H,1H3,(H2,14,16). The molecule has 0 spiro atoms. The molecule has 18 heavy (non-hydrogen) atoms. The molecule has 1 heterocycles. The Hall–Kier alpha value is -1.95. The van der Waals surface area contributed by atoms with Crippen LogP contribution in [0.1, 0.15) is 5.76 Å². The SMILES string of the molecule is COc1ccc(Br)cc1N/N=C(\N)c1ccco1. The smallest absolute Gasteiger partial charge is 0.186 e. The average Bonchev–Trinajstić information content (AvgIpc) is 2.90. The van der Waals surface area contributed by atoms with Gasteiger partial charge in [-0.3, -0.25) is 5.43 Å². The predicted octanol–water partition coefficient (Wildman–Crippen LogP) is 2.78. The highest BCUT2D eigenvalue weighted by molar-refractivity contribution is 9.10. The lowest BCUT2D eigenvalue weighted by Crippen LogP contribution is -2.14. The van der Waals surface area contributed by atoms with Gasteiger partial charge in [0.15, 0.2) is 11.6 Å². The summed E-state index contributed by atoms with van der Waals surface area (Å²) >= 11 is 3.38. The van der Waals surface area contributed by atoms with E-state index in [9.17, 15) is 0 Å². The van der Waals surface area contributed by atoms with E-state index >= 15 is 0 Å². The van der Waals surface area contributed by atoms with Gasteiger partial charge >= 0.3 is 0 Å². The summed E-state index contributed by atoms with van der Waals surface area (Å²) in [7, 11) is 1.59. The molecule has 2 aromatic rings. The first-order chi connectivity index (χ1) is 8.70. The lowest BCUT2D eigenvalue weighted by molar-refractivity contribution is 0.416. The maximum absolute atomic E-state index is 5.76. The van der Waals surface area contributed by atoms with Crippen molar-refractivity contribution in [1.82, 2.24) is 0 Å². The largest absolute Gasteiger partial charge is 0.495 e. The Balaban J connectivity index is 2.19. The van der Waals surface area contributed by atoms with Crippen LogP contribution in [0.25, 0.3) is 0 Å². The molecule has 0 radical (unpaired) electrons. The molecule has 5 nitrogen and oxygen atoms in total. The van der Waals surface area contributed by atoms with Crippen molar-refractivity contribution in [2.45, 2.75) is 0 Å². The minimum atomic E-state index is 0.266. The lowest BCUT2D eigenvalue weighted by Gasteiger charge is -2.08. The highest BCUT2D eigenvalue weighted by Gasteiger charge is 2.04. The number of furan rings is 1. The molecular weight excluding hydrogens is 298 g/mol. The summed E-state index contributed by atoms with van der Waals surface area (Å²) in [5.74, 6) is 1.45. The minimum absolute atomic E-state index is 0.266. The number of hydrogen-bond donors (Lipinski definition) is 2. The monoisotopic (exact) mass is 309 g/mol. The number of methoxy groups -OCH3 is 1. The number of amidine groups is 1. The van der Waals surface area contributed by atoms with E-state index in [1.54, 1.807) is 19.2 Å². The zero-order chi connectivity index (χ0) is 13.0. The van der Waals surface area contributed by atoms with Gasteiger partial charge in [0.05, 0.1) is 19.1 Å². The van der Waals surface area contributed by atoms with E-state index in [4.69, 9.17) is 14.9 Å². The van der Waals surface area contributed by atoms with Crippen molar-refractivity contribution in [3.63, 3.8) is 0 Å². The molecule has 0 fully saturated rings. The first kappa shape index (κ1) is 12.5. The van der Waals surface area contributed by atoms with Crippen LogP contribution in [0.2, 0.25) is 0 Å². The van der Waals surface area contributed by atoms with E-state index in [1.807, 2.05) is 18.2 Å². The lowest BCUT2D eigenvalue weighted by atomic mass is 10.3. The van der Waals surface area contributed by atoms with E-state index in [1.165, 1.54) is 6.26 Å². The van der Waals surface area contributed by atoms with E-state index in [0.29, 0.717) is 17.2 Å². The summed E-state index contributed by atoms with van der Waals surface area (Å²) in [4.78, 5) is 0. The van der Waals surface area contributed by atoms with Crippen LogP contribution in [0.4, 0.5) is 5.69 Å². The first-order valence-electron chi connectivity index (χ1n) is 5.17. The Bertz CT molecular complexity index is 552. The molecule has 0 bridgehead atoms. The van der Waals surface area contributed by atoms with Crippen LogP contribution in [0.5, 0.6) is 5.75 Å². The molecule has 1 aromatic heterocycles. The number of nitrogens with one attached hydrogen (secondary N) is 1. The summed E-state index contributed by atoms with van der Waals surface area (Å²) in [5.41, 5.74) is 9.31. The third kappa shape index (κ3) is 2.84. The average molecular weight is 310 g/mol. The van der Waals surface area contributed by atoms with E-state index < -0.39 is 0 Å². The number of anilines is 1. The third-order valence-electron chi connectivity index (χ3n) is 2.23. The predicted molar refractivity (Wildman–Crippen MR) is 73.7 cm³/mol. The van der Waals surface area contributed by atoms with Gasteiger partial charge in [-0.05, 0) is 30.3 Å². The number of hydrazone groups is 1. The van der Waals surface area contributed by atoms with E-state index in [0.717, 1.165) is 4.47 Å². The van der Waals surface area contributed by atoms with Crippen molar-refractivity contribution in [2.24, 2.45) is 10.8 Å². The second-order valence-corrected chi connectivity index (χ2v) is 4.35. The zero-order valence-electron chi connectivity index (χ0n) is 9.68. The van der Waals surface area contributed by atoms with Crippen molar-refractivity contribution in [1.29, 1.82) is 0 Å². The first-order valence-corrected chi connectivity index (χ1v) is 5.96. The van der Waals surface area contributed by atoms with Crippen molar-refractivity contribution in [2.75, 3.05) is 12.5 Å². The maximum Gasteiger partial charge on any atom is 0.186 e. The van der Waals surface area contributed by atoms with Gasteiger partial charge in [0, 0.05) is 4.47 Å². The topological polar surface area (TPSA) is 72.8 Å². The number of ether oxygens (including phenoxy) is 1. The summed E-state index contributed by atoms with van der Waals surface area (Å²) < 4.78 is 11.2. The molecule has 94 valence electrons. The second-order valence-electron chi connectivity index (χ2n) is 3.43. The van der Waals surface area contributed by atoms with Gasteiger partial charge in [-0.15, -0.1) is 0 Å². The molecule has 0 aliphatic heterocycles. The van der Waals surface area contributed by atoms with E-state index in [-0.39, 0.29) is 5.84 Å². The summed E-state index contributed by atoms with van der Waals surface area (Å²) in [6.45, 7) is 0. The van der Waals surface area contributed by atoms with Gasteiger partial charge in [-0.2, -0.15) is 5.10 Å². The number of rotatable bonds is 4. The molecule has 6 heteroatoms. The normalized spacial score (nSPS) is 11.3. The van der Waals surface area contributed by atoms with Crippen molar-refractivity contribution in [3.05, 3.63) is 46.8 Å². The highest BCUT2D eigenvalue weighted by atomic mass is 79.9. The molecule has 0 amide bonds. The van der Waals surface area contributed by atoms with E-state index in [2.05, 4.69) is 26.5 Å². The van der Waals surface area contributed by atoms with Crippen LogP contribution in [0.3, 0.4) is 0 Å². The van der Waals surface area contributed by atoms with Gasteiger partial charge in [0.25, 0.3) is 0 Å². The van der Waals surface area contributed by atoms with Crippen LogP contribution < -0.4 is 15.9 Å². The quantitative estimate of drug-likeness (QED) is 0.517. The Kier molecular flexibility index (Phi) is 3.88. The summed E-state index contributed by atoms with van der Waals surface area (Å²) in [6, 6.07) is 9.03. The van der Waals surface area contributed by atoms with Crippen molar-refractivity contribution >= 4 is 27.5 Å². The fourth-order valence-electron chi connectivity index (χ4n) is 1.37. The van der Waals surface area contributed by atoms with Gasteiger partial charge in [0.2, 0.25) is 0 Å². The van der Waals surface area contributed by atoms with Crippen molar-refractivity contribution < 1.29 is 9.15 Å². The zero-order valence-corrected chi connectivity index (χ0v) is 11.3. The number of nitrogens with zero attached hydrogens (tertiary/aromatic N) is 1. The number of nitrogens with two attached hydrogens (primary N) is 1. The van der Waals surface area contributed by atoms with Crippen LogP contribution in [0.15, 0.2) is 50.6 Å². The van der Waals surface area contributed by atoms with Gasteiger partial charge in [-0.25, -0.2) is 0 Å². The summed E-state index contributed by atoms with van der Waals surface area (Å²) in [5, 5.41) is 4.04. The Morgan fingerprint density at radius 1 is 1.44 bits per heavy atom. The third-order valence-corrected chi connectivity index (χ3v) is 2.73. The number of halogens is 1. The molecule has 0 unspecified atom stereocenters. The van der Waals surface area contributed by atoms with Crippen LogP contribution >= 0.6 is 15.9 Å². The second kappa shape index (κ2) is 5.59. The molecule has 0 atom stereocenters. The highest BCUT2D eigenvalue weighted by Crippen LogP contribution is 2.27. The van der Waals surface area contributed by atoms with Gasteiger partial charge in [-0.1, -0.05) is 15.9 Å². The molecular formula is C12H12BrN3O2. The molecule has 0 saturated heterocycles. The van der Waals surface area contributed by atoms with Crippen LogP contribution in [-0.4, -0.2) is 12.9 Å². The molecule has 1 aromatic carbocycles.